The van der Waals surface area contributed by atoms with E-state index in [1.54, 1.807) is 35.2 Å². The van der Waals surface area contributed by atoms with Gasteiger partial charge in [-0.05, 0) is 42.5 Å². The van der Waals surface area contributed by atoms with Crippen LogP contribution in [-0.4, -0.2) is 49.6 Å². The molecular weight excluding hydrogens is 439 g/mol. The molecule has 8 heteroatoms. The standard InChI is InChI=1S/C19H17BrClFN2O3/c20-13-1-6-17(21)16(11-13)19(26)27-12-18(25)24-9-7-23(8-10-24)15-4-2-14(22)3-5-15/h1-6,11H,7-10,12H2. The van der Waals surface area contributed by atoms with Gasteiger partial charge in [-0.1, -0.05) is 27.5 Å². The molecule has 27 heavy (non-hydrogen) atoms. The quantitative estimate of drug-likeness (QED) is 0.659. The van der Waals surface area contributed by atoms with Crippen molar-refractivity contribution in [2.75, 3.05) is 37.7 Å². The van der Waals surface area contributed by atoms with Gasteiger partial charge in [0.1, 0.15) is 5.82 Å². The van der Waals surface area contributed by atoms with Crippen molar-refractivity contribution in [1.82, 2.24) is 4.90 Å². The van der Waals surface area contributed by atoms with E-state index in [0.717, 1.165) is 5.69 Å². The molecule has 0 spiro atoms. The second-order valence-corrected chi connectivity index (χ2v) is 7.37. The molecule has 1 heterocycles. The van der Waals surface area contributed by atoms with E-state index in [1.807, 2.05) is 0 Å². The fraction of sp³-hybridized carbons (Fsp3) is 0.263. The van der Waals surface area contributed by atoms with Gasteiger partial charge < -0.3 is 14.5 Å². The van der Waals surface area contributed by atoms with E-state index < -0.39 is 5.97 Å². The first-order chi connectivity index (χ1) is 12.9. The topological polar surface area (TPSA) is 49.9 Å². The largest absolute Gasteiger partial charge is 0.452 e. The van der Waals surface area contributed by atoms with Crippen molar-refractivity contribution in [3.05, 3.63) is 63.3 Å². The van der Waals surface area contributed by atoms with Gasteiger partial charge in [-0.2, -0.15) is 0 Å². The number of esters is 1. The number of hydrogen-bond donors (Lipinski definition) is 0. The molecule has 2 aromatic carbocycles. The Morgan fingerprint density at radius 2 is 1.74 bits per heavy atom. The van der Waals surface area contributed by atoms with Gasteiger partial charge in [-0.25, -0.2) is 9.18 Å². The average Bonchev–Trinajstić information content (AvgIpc) is 2.68. The van der Waals surface area contributed by atoms with E-state index in [4.69, 9.17) is 16.3 Å². The number of anilines is 1. The van der Waals surface area contributed by atoms with E-state index in [0.29, 0.717) is 30.7 Å². The Labute approximate surface area is 169 Å². The normalized spacial score (nSPS) is 14.2. The lowest BCUT2D eigenvalue weighted by atomic mass is 10.2. The summed E-state index contributed by atoms with van der Waals surface area (Å²) < 4.78 is 18.8. The molecule has 0 atom stereocenters. The molecule has 142 valence electrons. The van der Waals surface area contributed by atoms with Crippen LogP contribution in [0.25, 0.3) is 0 Å². The molecule has 5 nitrogen and oxygen atoms in total. The Balaban J connectivity index is 1.50. The lowest BCUT2D eigenvalue weighted by Gasteiger charge is -2.36. The summed E-state index contributed by atoms with van der Waals surface area (Å²) in [7, 11) is 0. The highest BCUT2D eigenvalue weighted by molar-refractivity contribution is 9.10. The van der Waals surface area contributed by atoms with Crippen LogP contribution in [0.3, 0.4) is 0 Å². The zero-order chi connectivity index (χ0) is 19.4. The van der Waals surface area contributed by atoms with E-state index in [9.17, 15) is 14.0 Å². The molecule has 1 fully saturated rings. The maximum Gasteiger partial charge on any atom is 0.340 e. The number of rotatable bonds is 4. The van der Waals surface area contributed by atoms with Crippen molar-refractivity contribution in [3.8, 4) is 0 Å². The average molecular weight is 456 g/mol. The summed E-state index contributed by atoms with van der Waals surface area (Å²) in [4.78, 5) is 28.2. The number of carbonyl (C=O) groups is 2. The maximum absolute atomic E-state index is 13.0. The number of amides is 1. The minimum atomic E-state index is -0.639. The van der Waals surface area contributed by atoms with Crippen molar-refractivity contribution < 1.29 is 18.7 Å². The van der Waals surface area contributed by atoms with Gasteiger partial charge in [0.2, 0.25) is 0 Å². The van der Waals surface area contributed by atoms with Crippen molar-refractivity contribution in [1.29, 1.82) is 0 Å². The lowest BCUT2D eigenvalue weighted by molar-refractivity contribution is -0.134. The van der Waals surface area contributed by atoms with Crippen molar-refractivity contribution in [3.63, 3.8) is 0 Å². The van der Waals surface area contributed by atoms with Crippen LogP contribution in [0, 0.1) is 5.82 Å². The summed E-state index contributed by atoms with van der Waals surface area (Å²) in [6.07, 6.45) is 0. The lowest BCUT2D eigenvalue weighted by Crippen LogP contribution is -2.49. The van der Waals surface area contributed by atoms with Gasteiger partial charge in [0.05, 0.1) is 10.6 Å². The molecule has 1 amide bonds. The third kappa shape index (κ3) is 4.99. The van der Waals surface area contributed by atoms with Gasteiger partial charge in [0.15, 0.2) is 6.61 Å². The second-order valence-electron chi connectivity index (χ2n) is 6.04. The zero-order valence-corrected chi connectivity index (χ0v) is 16.7. The SMILES string of the molecule is O=C(OCC(=O)N1CCN(c2ccc(F)cc2)CC1)c1cc(Br)ccc1Cl. The van der Waals surface area contributed by atoms with Gasteiger partial charge in [-0.15, -0.1) is 0 Å². The van der Waals surface area contributed by atoms with Crippen LogP contribution in [-0.2, 0) is 9.53 Å². The molecule has 0 unspecified atom stereocenters. The predicted molar refractivity (Wildman–Crippen MR) is 105 cm³/mol. The Morgan fingerprint density at radius 3 is 2.41 bits per heavy atom. The van der Waals surface area contributed by atoms with Crippen LogP contribution in [0.2, 0.25) is 5.02 Å². The molecule has 0 saturated carbocycles. The third-order valence-electron chi connectivity index (χ3n) is 4.30. The first kappa shape index (κ1) is 19.6. The summed E-state index contributed by atoms with van der Waals surface area (Å²) in [6.45, 7) is 1.93. The van der Waals surface area contributed by atoms with E-state index in [2.05, 4.69) is 20.8 Å². The van der Waals surface area contributed by atoms with E-state index in [1.165, 1.54) is 12.1 Å². The summed E-state index contributed by atoms with van der Waals surface area (Å²) in [5, 5.41) is 0.267. The highest BCUT2D eigenvalue weighted by Crippen LogP contribution is 2.22. The fourth-order valence-electron chi connectivity index (χ4n) is 2.82. The Kier molecular flexibility index (Phi) is 6.34. The van der Waals surface area contributed by atoms with Crippen LogP contribution < -0.4 is 4.90 Å². The monoisotopic (exact) mass is 454 g/mol. The minimum absolute atomic E-state index is 0.208. The zero-order valence-electron chi connectivity index (χ0n) is 14.3. The molecule has 0 aromatic heterocycles. The number of halogens is 3. The molecule has 0 N–H and O–H groups in total. The van der Waals surface area contributed by atoms with Gasteiger partial charge in [0, 0.05) is 36.3 Å². The van der Waals surface area contributed by atoms with Crippen LogP contribution in [0.4, 0.5) is 10.1 Å². The first-order valence-corrected chi connectivity index (χ1v) is 9.51. The first-order valence-electron chi connectivity index (χ1n) is 8.34. The summed E-state index contributed by atoms with van der Waals surface area (Å²) in [5.74, 6) is -1.17. The molecular formula is C19H17BrClFN2O3. The van der Waals surface area contributed by atoms with E-state index in [-0.39, 0.29) is 28.9 Å². The molecule has 0 radical (unpaired) electrons. The van der Waals surface area contributed by atoms with Gasteiger partial charge >= 0.3 is 5.97 Å². The molecule has 1 saturated heterocycles. The fourth-order valence-corrected chi connectivity index (χ4v) is 3.37. The van der Waals surface area contributed by atoms with Crippen LogP contribution >= 0.6 is 27.5 Å². The smallest absolute Gasteiger partial charge is 0.340 e. The molecule has 1 aliphatic heterocycles. The number of piperazine rings is 1. The molecule has 3 rings (SSSR count). The van der Waals surface area contributed by atoms with Crippen LogP contribution in [0.1, 0.15) is 10.4 Å². The third-order valence-corrected chi connectivity index (χ3v) is 5.12. The van der Waals surface area contributed by atoms with Crippen molar-refractivity contribution in [2.45, 2.75) is 0 Å². The Morgan fingerprint density at radius 1 is 1.07 bits per heavy atom. The molecule has 0 bridgehead atoms. The van der Waals surface area contributed by atoms with Crippen LogP contribution in [0.5, 0.6) is 0 Å². The molecule has 1 aliphatic rings. The van der Waals surface area contributed by atoms with Gasteiger partial charge in [0.25, 0.3) is 5.91 Å². The number of carbonyl (C=O) groups excluding carboxylic acids is 2. The minimum Gasteiger partial charge on any atom is -0.452 e. The summed E-state index contributed by atoms with van der Waals surface area (Å²) in [5.41, 5.74) is 1.12. The molecule has 0 aliphatic carbocycles. The number of ether oxygens (including phenoxy) is 1. The number of nitrogens with zero attached hydrogens (tertiary/aromatic N) is 2. The second kappa shape index (κ2) is 8.71. The highest BCUT2D eigenvalue weighted by atomic mass is 79.9. The number of benzene rings is 2. The Hall–Kier alpha value is -2.12. The summed E-state index contributed by atoms with van der Waals surface area (Å²) >= 11 is 9.26. The van der Waals surface area contributed by atoms with E-state index >= 15 is 0 Å². The Bertz CT molecular complexity index is 839. The molecule has 2 aromatic rings. The number of hydrogen-bond acceptors (Lipinski definition) is 4. The maximum atomic E-state index is 13.0. The highest BCUT2D eigenvalue weighted by Gasteiger charge is 2.23. The predicted octanol–water partition coefficient (Wildman–Crippen LogP) is 3.75. The van der Waals surface area contributed by atoms with Gasteiger partial charge in [-0.3, -0.25) is 4.79 Å². The van der Waals surface area contributed by atoms with Crippen molar-refractivity contribution >= 4 is 45.1 Å². The van der Waals surface area contributed by atoms with Crippen LogP contribution in [0.15, 0.2) is 46.9 Å². The summed E-state index contributed by atoms with van der Waals surface area (Å²) in [6, 6.07) is 11.1. The van der Waals surface area contributed by atoms with Crippen molar-refractivity contribution in [2.24, 2.45) is 0 Å².